The van der Waals surface area contributed by atoms with Crippen molar-refractivity contribution in [3.63, 3.8) is 0 Å². The van der Waals surface area contributed by atoms with Crippen molar-refractivity contribution in [1.82, 2.24) is 10.3 Å². The van der Waals surface area contributed by atoms with Gasteiger partial charge >= 0.3 is 0 Å². The summed E-state index contributed by atoms with van der Waals surface area (Å²) in [5.74, 6) is 0.508. The summed E-state index contributed by atoms with van der Waals surface area (Å²) in [4.78, 5) is 16.2. The minimum Gasteiger partial charge on any atom is -0.349 e. The maximum absolute atomic E-state index is 12.2. The van der Waals surface area contributed by atoms with Crippen molar-refractivity contribution >= 4 is 17.5 Å². The highest BCUT2D eigenvalue weighted by Crippen LogP contribution is 2.28. The fourth-order valence-corrected chi connectivity index (χ4v) is 3.10. The maximum atomic E-state index is 12.2. The van der Waals surface area contributed by atoms with E-state index in [-0.39, 0.29) is 17.1 Å². The first kappa shape index (κ1) is 14.3. The Morgan fingerprint density at radius 3 is 2.84 bits per heavy atom. The number of carbonyl (C=O) groups excluding carboxylic acids is 1. The summed E-state index contributed by atoms with van der Waals surface area (Å²) >= 11 is 5.96. The molecule has 1 aromatic rings. The molecule has 2 rings (SSSR count). The summed E-state index contributed by atoms with van der Waals surface area (Å²) in [5, 5.41) is 3.41. The van der Waals surface area contributed by atoms with Crippen LogP contribution in [0.4, 0.5) is 0 Å². The SMILES string of the molecule is CCC(NC(=O)c1cccnc1Cl)C1CCCCC1. The van der Waals surface area contributed by atoms with Crippen LogP contribution in [-0.2, 0) is 0 Å². The van der Waals surface area contributed by atoms with Gasteiger partial charge < -0.3 is 5.32 Å². The van der Waals surface area contributed by atoms with Crippen molar-refractivity contribution in [2.75, 3.05) is 0 Å². The first-order valence-corrected chi connectivity index (χ1v) is 7.51. The number of pyridine rings is 1. The van der Waals surface area contributed by atoms with Crippen molar-refractivity contribution in [2.24, 2.45) is 5.92 Å². The van der Waals surface area contributed by atoms with Crippen LogP contribution in [0.3, 0.4) is 0 Å². The number of nitrogens with zero attached hydrogens (tertiary/aromatic N) is 1. The van der Waals surface area contributed by atoms with Gasteiger partial charge in [0.15, 0.2) is 0 Å². The number of aromatic nitrogens is 1. The zero-order valence-electron chi connectivity index (χ0n) is 11.4. The van der Waals surface area contributed by atoms with Gasteiger partial charge in [-0.05, 0) is 37.3 Å². The lowest BCUT2D eigenvalue weighted by atomic mass is 9.83. The number of hydrogen-bond donors (Lipinski definition) is 1. The van der Waals surface area contributed by atoms with Gasteiger partial charge in [-0.2, -0.15) is 0 Å². The zero-order chi connectivity index (χ0) is 13.7. The van der Waals surface area contributed by atoms with Gasteiger partial charge in [-0.15, -0.1) is 0 Å². The Kier molecular flexibility index (Phi) is 5.20. The molecular weight excluding hydrogens is 260 g/mol. The fraction of sp³-hybridized carbons (Fsp3) is 0.600. The molecule has 1 aromatic heterocycles. The number of hydrogen-bond acceptors (Lipinski definition) is 2. The van der Waals surface area contributed by atoms with Crippen LogP contribution in [0.15, 0.2) is 18.3 Å². The molecule has 4 heteroatoms. The van der Waals surface area contributed by atoms with E-state index in [0.717, 1.165) is 6.42 Å². The van der Waals surface area contributed by atoms with Gasteiger partial charge in [-0.1, -0.05) is 37.8 Å². The minimum atomic E-state index is -0.101. The van der Waals surface area contributed by atoms with E-state index in [0.29, 0.717) is 11.5 Å². The Bertz CT molecular complexity index is 430. The van der Waals surface area contributed by atoms with Gasteiger partial charge in [0.25, 0.3) is 5.91 Å². The Labute approximate surface area is 119 Å². The first-order valence-electron chi connectivity index (χ1n) is 7.13. The highest BCUT2D eigenvalue weighted by Gasteiger charge is 2.24. The molecule has 1 amide bonds. The number of carbonyl (C=O) groups is 1. The largest absolute Gasteiger partial charge is 0.349 e. The third-order valence-corrected chi connectivity index (χ3v) is 4.28. The molecule has 1 heterocycles. The smallest absolute Gasteiger partial charge is 0.254 e. The molecule has 1 unspecified atom stereocenters. The van der Waals surface area contributed by atoms with E-state index in [1.165, 1.54) is 32.1 Å². The fourth-order valence-electron chi connectivity index (χ4n) is 2.89. The lowest BCUT2D eigenvalue weighted by molar-refractivity contribution is 0.0911. The third-order valence-electron chi connectivity index (χ3n) is 3.98. The molecule has 0 radical (unpaired) electrons. The average molecular weight is 281 g/mol. The van der Waals surface area contributed by atoms with Crippen LogP contribution in [0.25, 0.3) is 0 Å². The Morgan fingerprint density at radius 2 is 2.21 bits per heavy atom. The van der Waals surface area contributed by atoms with Gasteiger partial charge in [0.05, 0.1) is 5.56 Å². The Morgan fingerprint density at radius 1 is 1.47 bits per heavy atom. The summed E-state index contributed by atoms with van der Waals surface area (Å²) in [7, 11) is 0. The van der Waals surface area contributed by atoms with Crippen molar-refractivity contribution in [1.29, 1.82) is 0 Å². The van der Waals surface area contributed by atoms with E-state index in [1.54, 1.807) is 18.3 Å². The van der Waals surface area contributed by atoms with E-state index in [9.17, 15) is 4.79 Å². The molecule has 19 heavy (non-hydrogen) atoms. The molecular formula is C15H21ClN2O. The lowest BCUT2D eigenvalue weighted by Crippen LogP contribution is -2.40. The average Bonchev–Trinajstić information content (AvgIpc) is 2.46. The molecule has 1 N–H and O–H groups in total. The summed E-state index contributed by atoms with van der Waals surface area (Å²) in [6, 6.07) is 3.71. The van der Waals surface area contributed by atoms with Gasteiger partial charge in [0.2, 0.25) is 0 Å². The third kappa shape index (κ3) is 3.69. The van der Waals surface area contributed by atoms with Crippen LogP contribution in [0.5, 0.6) is 0 Å². The molecule has 104 valence electrons. The van der Waals surface area contributed by atoms with Gasteiger partial charge in [-0.3, -0.25) is 4.79 Å². The van der Waals surface area contributed by atoms with Crippen molar-refractivity contribution in [3.8, 4) is 0 Å². The summed E-state index contributed by atoms with van der Waals surface area (Å²) < 4.78 is 0. The highest BCUT2D eigenvalue weighted by atomic mass is 35.5. The van der Waals surface area contributed by atoms with E-state index < -0.39 is 0 Å². The van der Waals surface area contributed by atoms with Crippen molar-refractivity contribution in [2.45, 2.75) is 51.5 Å². The quantitative estimate of drug-likeness (QED) is 0.852. The standard InChI is InChI=1S/C15H21ClN2O/c1-2-13(11-7-4-3-5-8-11)18-15(19)12-9-6-10-17-14(12)16/h6,9-11,13H,2-5,7-8H2,1H3,(H,18,19). The maximum Gasteiger partial charge on any atom is 0.254 e. The molecule has 1 saturated carbocycles. The molecule has 1 fully saturated rings. The Hall–Kier alpha value is -1.09. The first-order chi connectivity index (χ1) is 9.22. The summed E-state index contributed by atoms with van der Waals surface area (Å²) in [5.41, 5.74) is 0.471. The van der Waals surface area contributed by atoms with Gasteiger partial charge in [0, 0.05) is 12.2 Å². The molecule has 0 aromatic carbocycles. The zero-order valence-corrected chi connectivity index (χ0v) is 12.1. The Balaban J connectivity index is 2.01. The van der Waals surface area contributed by atoms with Crippen LogP contribution in [0.1, 0.15) is 55.8 Å². The molecule has 3 nitrogen and oxygen atoms in total. The van der Waals surface area contributed by atoms with E-state index in [4.69, 9.17) is 11.6 Å². The minimum absolute atomic E-state index is 0.101. The molecule has 0 saturated heterocycles. The van der Waals surface area contributed by atoms with Crippen LogP contribution >= 0.6 is 11.6 Å². The number of amides is 1. The van der Waals surface area contributed by atoms with Crippen LogP contribution in [0, 0.1) is 5.92 Å². The molecule has 0 bridgehead atoms. The van der Waals surface area contributed by atoms with Crippen molar-refractivity contribution in [3.05, 3.63) is 29.0 Å². The number of rotatable bonds is 4. The topological polar surface area (TPSA) is 42.0 Å². The van der Waals surface area contributed by atoms with Crippen LogP contribution in [0.2, 0.25) is 5.15 Å². The second kappa shape index (κ2) is 6.90. The van der Waals surface area contributed by atoms with E-state index in [1.807, 2.05) is 0 Å². The predicted molar refractivity (Wildman–Crippen MR) is 77.4 cm³/mol. The lowest BCUT2D eigenvalue weighted by Gasteiger charge is -2.30. The van der Waals surface area contributed by atoms with E-state index in [2.05, 4.69) is 17.2 Å². The second-order valence-electron chi connectivity index (χ2n) is 5.23. The van der Waals surface area contributed by atoms with Crippen molar-refractivity contribution < 1.29 is 4.79 Å². The normalized spacial score (nSPS) is 18.0. The summed E-state index contributed by atoms with van der Waals surface area (Å²) in [6.45, 7) is 2.13. The molecule has 0 aliphatic heterocycles. The molecule has 1 aliphatic carbocycles. The molecule has 1 atom stereocenters. The summed E-state index contributed by atoms with van der Waals surface area (Å²) in [6.07, 6.45) is 8.90. The number of nitrogens with one attached hydrogen (secondary N) is 1. The van der Waals surface area contributed by atoms with Gasteiger partial charge in [-0.25, -0.2) is 4.98 Å². The van der Waals surface area contributed by atoms with Crippen LogP contribution < -0.4 is 5.32 Å². The molecule has 1 aliphatic rings. The predicted octanol–water partition coefficient (Wildman–Crippen LogP) is 3.82. The van der Waals surface area contributed by atoms with Crippen LogP contribution in [-0.4, -0.2) is 16.9 Å². The number of halogens is 1. The monoisotopic (exact) mass is 280 g/mol. The second-order valence-corrected chi connectivity index (χ2v) is 5.59. The van der Waals surface area contributed by atoms with E-state index >= 15 is 0 Å². The highest BCUT2D eigenvalue weighted by molar-refractivity contribution is 6.32. The molecule has 0 spiro atoms. The van der Waals surface area contributed by atoms with Gasteiger partial charge in [0.1, 0.15) is 5.15 Å².